The van der Waals surface area contributed by atoms with E-state index in [2.05, 4.69) is 44.0 Å². The lowest BCUT2D eigenvalue weighted by molar-refractivity contribution is -0.154. The molecular weight excluding hydrogens is 715 g/mol. The summed E-state index contributed by atoms with van der Waals surface area (Å²) in [5.41, 5.74) is 5.23. The van der Waals surface area contributed by atoms with Crippen molar-refractivity contribution in [3.8, 4) is 11.1 Å². The number of ether oxygens (including phenoxy) is 3. The number of fused-ring (bicyclic) bond motifs is 3. The van der Waals surface area contributed by atoms with Crippen molar-refractivity contribution in [2.45, 2.75) is 108 Å². The largest absolute Gasteiger partial charge is 0.466 e. The first-order valence-electron chi connectivity index (χ1n) is 19.4. The van der Waals surface area contributed by atoms with Gasteiger partial charge in [-0.25, -0.2) is 9.59 Å². The monoisotopic (exact) mass is 771 g/mol. The summed E-state index contributed by atoms with van der Waals surface area (Å²) in [4.78, 5) is 52.4. The van der Waals surface area contributed by atoms with E-state index in [1.54, 1.807) is 6.08 Å². The van der Waals surface area contributed by atoms with Gasteiger partial charge in [0.2, 0.25) is 0 Å². The van der Waals surface area contributed by atoms with Gasteiger partial charge in [0, 0.05) is 32.6 Å². The van der Waals surface area contributed by atoms with Crippen LogP contribution < -0.4 is 5.32 Å². The summed E-state index contributed by atoms with van der Waals surface area (Å²) in [7, 11) is -1.42. The molecule has 0 saturated heterocycles. The number of hydrogen-bond donors (Lipinski definition) is 1. The normalized spacial score (nSPS) is 13.5. The van der Waals surface area contributed by atoms with E-state index in [0.717, 1.165) is 53.1 Å². The highest BCUT2D eigenvalue weighted by Crippen LogP contribution is 2.44. The van der Waals surface area contributed by atoms with E-state index < -0.39 is 38.3 Å². The Morgan fingerprint density at radius 1 is 0.833 bits per heavy atom. The minimum absolute atomic E-state index is 0.0982. The molecule has 0 unspecified atom stereocenters. The highest BCUT2D eigenvalue weighted by Gasteiger charge is 2.31. The standard InChI is InChI=1S/C44H57NO7SSi/c1-5-6-7-8-12-26-42(47)53-28-18-17-21-34(31-41(46)50-27-29-54(2,3)4)52-43(48)40(30-33-19-10-9-11-20-33)45-44(49)51-32-39-37-24-15-13-22-35(37)36-23-14-16-25-38(36)39/h9-11,13-17,19-25,34,39-40H,5-8,12,18,26-32H2,1-4H3,(H,45,49)/t34-,40+/m1/s1. The lowest BCUT2D eigenvalue weighted by atomic mass is 9.98. The second-order valence-corrected chi connectivity index (χ2v) is 21.8. The van der Waals surface area contributed by atoms with Gasteiger partial charge in [0.15, 0.2) is 5.12 Å². The zero-order valence-corrected chi connectivity index (χ0v) is 34.2. The molecule has 290 valence electrons. The molecule has 1 amide bonds. The molecular formula is C44H57NO7SSi. The van der Waals surface area contributed by atoms with Gasteiger partial charge in [0.1, 0.15) is 18.8 Å². The van der Waals surface area contributed by atoms with E-state index in [1.165, 1.54) is 24.6 Å². The van der Waals surface area contributed by atoms with Crippen LogP contribution in [-0.2, 0) is 35.0 Å². The number of hydrogen-bond acceptors (Lipinski definition) is 8. The Balaban J connectivity index is 1.40. The summed E-state index contributed by atoms with van der Waals surface area (Å²) in [6, 6.07) is 25.3. The number of allylic oxidation sites excluding steroid dienone is 1. The number of esters is 2. The minimum Gasteiger partial charge on any atom is -0.466 e. The van der Waals surface area contributed by atoms with Crippen molar-refractivity contribution in [2.24, 2.45) is 0 Å². The first-order valence-corrected chi connectivity index (χ1v) is 24.1. The van der Waals surface area contributed by atoms with Crippen LogP contribution in [0.5, 0.6) is 0 Å². The van der Waals surface area contributed by atoms with E-state index in [4.69, 9.17) is 14.2 Å². The van der Waals surface area contributed by atoms with Crippen molar-refractivity contribution >= 4 is 43.0 Å². The van der Waals surface area contributed by atoms with Crippen molar-refractivity contribution in [1.29, 1.82) is 0 Å². The summed E-state index contributed by atoms with van der Waals surface area (Å²) < 4.78 is 17.2. The summed E-state index contributed by atoms with van der Waals surface area (Å²) in [6.07, 6.45) is 8.50. The van der Waals surface area contributed by atoms with Gasteiger partial charge in [-0.2, -0.15) is 0 Å². The van der Waals surface area contributed by atoms with Crippen molar-refractivity contribution in [1.82, 2.24) is 5.32 Å². The van der Waals surface area contributed by atoms with Crippen LogP contribution in [0, 0.1) is 0 Å². The molecule has 0 radical (unpaired) electrons. The Morgan fingerprint density at radius 3 is 2.15 bits per heavy atom. The fourth-order valence-electron chi connectivity index (χ4n) is 6.33. The number of benzene rings is 3. The first kappa shape index (κ1) is 42.6. The molecule has 10 heteroatoms. The second-order valence-electron chi connectivity index (χ2n) is 15.0. The molecule has 1 aliphatic carbocycles. The van der Waals surface area contributed by atoms with Crippen molar-refractivity contribution in [2.75, 3.05) is 19.0 Å². The maximum absolute atomic E-state index is 13.8. The summed E-state index contributed by atoms with van der Waals surface area (Å²) in [5.74, 6) is -0.702. The number of alkyl carbamates (subject to hydrolysis) is 1. The Hall–Kier alpha value is -4.15. The summed E-state index contributed by atoms with van der Waals surface area (Å²) in [6.45, 7) is 9.21. The number of carbonyl (C=O) groups is 4. The number of nitrogens with one attached hydrogen (secondary N) is 1. The predicted octanol–water partition coefficient (Wildman–Crippen LogP) is 9.89. The lowest BCUT2D eigenvalue weighted by Crippen LogP contribution is -2.45. The predicted molar refractivity (Wildman–Crippen MR) is 220 cm³/mol. The Kier molecular flexibility index (Phi) is 17.6. The number of carbonyl (C=O) groups excluding carboxylic acids is 4. The second kappa shape index (κ2) is 22.3. The van der Waals surface area contributed by atoms with E-state index >= 15 is 0 Å². The molecule has 1 N–H and O–H groups in total. The fourth-order valence-corrected chi connectivity index (χ4v) is 7.82. The van der Waals surface area contributed by atoms with Crippen molar-refractivity contribution in [3.05, 3.63) is 108 Å². The third-order valence-corrected chi connectivity index (χ3v) is 12.0. The smallest absolute Gasteiger partial charge is 0.407 e. The van der Waals surface area contributed by atoms with Gasteiger partial charge in [0.25, 0.3) is 0 Å². The van der Waals surface area contributed by atoms with Crippen LogP contribution in [0.15, 0.2) is 91.0 Å². The molecule has 0 aromatic heterocycles. The average Bonchev–Trinajstić information content (AvgIpc) is 3.46. The molecule has 2 atom stereocenters. The molecule has 0 aliphatic heterocycles. The van der Waals surface area contributed by atoms with Crippen LogP contribution >= 0.6 is 11.8 Å². The maximum Gasteiger partial charge on any atom is 0.407 e. The maximum atomic E-state index is 13.8. The van der Waals surface area contributed by atoms with Gasteiger partial charge in [0.05, 0.1) is 13.0 Å². The number of unbranched alkanes of at least 4 members (excludes halogenated alkanes) is 4. The van der Waals surface area contributed by atoms with Crippen LogP contribution in [-0.4, -0.2) is 62.3 Å². The van der Waals surface area contributed by atoms with E-state index in [9.17, 15) is 19.2 Å². The van der Waals surface area contributed by atoms with E-state index in [-0.39, 0.29) is 30.5 Å². The fraction of sp³-hybridized carbons (Fsp3) is 0.455. The van der Waals surface area contributed by atoms with Gasteiger partial charge in [-0.1, -0.05) is 149 Å². The molecule has 0 saturated carbocycles. The van der Waals surface area contributed by atoms with Crippen LogP contribution in [0.3, 0.4) is 0 Å². The zero-order valence-electron chi connectivity index (χ0n) is 32.4. The summed E-state index contributed by atoms with van der Waals surface area (Å²) in [5, 5.41) is 2.93. The molecule has 0 bridgehead atoms. The van der Waals surface area contributed by atoms with Crippen LogP contribution in [0.2, 0.25) is 25.7 Å². The van der Waals surface area contributed by atoms with Crippen LogP contribution in [0.1, 0.15) is 80.9 Å². The molecule has 3 aromatic rings. The first-order chi connectivity index (χ1) is 26.0. The quantitative estimate of drug-likeness (QED) is 0.0354. The zero-order chi connectivity index (χ0) is 38.8. The molecule has 54 heavy (non-hydrogen) atoms. The van der Waals surface area contributed by atoms with Crippen LogP contribution in [0.25, 0.3) is 11.1 Å². The van der Waals surface area contributed by atoms with Gasteiger partial charge in [-0.3, -0.25) is 9.59 Å². The van der Waals surface area contributed by atoms with Gasteiger partial charge < -0.3 is 19.5 Å². The van der Waals surface area contributed by atoms with E-state index in [0.29, 0.717) is 25.2 Å². The highest BCUT2D eigenvalue weighted by atomic mass is 32.2. The number of thioether (sulfide) groups is 1. The topological polar surface area (TPSA) is 108 Å². The molecule has 1 aliphatic rings. The van der Waals surface area contributed by atoms with Crippen molar-refractivity contribution < 1.29 is 33.4 Å². The molecule has 0 spiro atoms. The number of rotatable bonds is 22. The Morgan fingerprint density at radius 2 is 1.48 bits per heavy atom. The van der Waals surface area contributed by atoms with Crippen LogP contribution in [0.4, 0.5) is 4.79 Å². The SMILES string of the molecule is CCCCCCCC(=O)SCCC=C[C@H](CC(=O)OCC[Si](C)(C)C)OC(=O)[C@H](Cc1ccccc1)NC(=O)OCC1c2ccccc2-c2ccccc21. The third kappa shape index (κ3) is 14.6. The minimum atomic E-state index is -1.42. The summed E-state index contributed by atoms with van der Waals surface area (Å²) >= 11 is 1.31. The average molecular weight is 772 g/mol. The Labute approximate surface area is 326 Å². The van der Waals surface area contributed by atoms with Crippen molar-refractivity contribution in [3.63, 3.8) is 0 Å². The highest BCUT2D eigenvalue weighted by molar-refractivity contribution is 8.13. The lowest BCUT2D eigenvalue weighted by Gasteiger charge is -2.22. The Bertz CT molecular complexity index is 1640. The number of amides is 1. The van der Waals surface area contributed by atoms with Gasteiger partial charge >= 0.3 is 18.0 Å². The molecule has 0 fully saturated rings. The molecule has 0 heterocycles. The molecule has 8 nitrogen and oxygen atoms in total. The van der Waals surface area contributed by atoms with Gasteiger partial charge in [-0.15, -0.1) is 0 Å². The molecule has 3 aromatic carbocycles. The van der Waals surface area contributed by atoms with E-state index in [1.807, 2.05) is 72.8 Å². The van der Waals surface area contributed by atoms with Gasteiger partial charge in [-0.05, 0) is 52.8 Å². The third-order valence-electron chi connectivity index (χ3n) is 9.34. The molecule has 4 rings (SSSR count).